The zero-order chi connectivity index (χ0) is 27.1. The largest absolute Gasteiger partial charge is 0.311 e. The highest BCUT2D eigenvalue weighted by molar-refractivity contribution is 6.22. The van der Waals surface area contributed by atoms with Gasteiger partial charge in [-0.2, -0.15) is 0 Å². The molecule has 0 amide bonds. The molecule has 6 aromatic carbocycles. The van der Waals surface area contributed by atoms with Gasteiger partial charge in [0, 0.05) is 33.5 Å². The third-order valence-corrected chi connectivity index (χ3v) is 7.38. The molecule has 7 rings (SSSR count). The summed E-state index contributed by atoms with van der Waals surface area (Å²) in [4.78, 5) is 9.46. The summed E-state index contributed by atoms with van der Waals surface area (Å²) in [7, 11) is 0. The first-order valence-corrected chi connectivity index (χ1v) is 13.0. The summed E-state index contributed by atoms with van der Waals surface area (Å²) in [5.74, 6) is 0. The molecular formula is C36H22N4. The fourth-order valence-corrected chi connectivity index (χ4v) is 5.63. The van der Waals surface area contributed by atoms with Crippen LogP contribution in [-0.2, 0) is 0 Å². The van der Waals surface area contributed by atoms with Crippen molar-refractivity contribution in [2.75, 3.05) is 4.90 Å². The van der Waals surface area contributed by atoms with Crippen molar-refractivity contribution < 1.29 is 0 Å². The van der Waals surface area contributed by atoms with Crippen molar-refractivity contribution in [3.8, 4) is 5.69 Å². The van der Waals surface area contributed by atoms with Crippen LogP contribution in [0.3, 0.4) is 0 Å². The smallest absolute Gasteiger partial charge is 0.196 e. The summed E-state index contributed by atoms with van der Waals surface area (Å²) < 4.78 is 2.21. The maximum absolute atomic E-state index is 7.65. The van der Waals surface area contributed by atoms with Gasteiger partial charge < -0.3 is 9.47 Å². The van der Waals surface area contributed by atoms with Gasteiger partial charge >= 0.3 is 0 Å². The lowest BCUT2D eigenvalue weighted by molar-refractivity contribution is 1.18. The minimum Gasteiger partial charge on any atom is -0.311 e. The number of hydrogen-bond donors (Lipinski definition) is 0. The molecule has 0 N–H and O–H groups in total. The van der Waals surface area contributed by atoms with Crippen molar-refractivity contribution in [1.82, 2.24) is 4.57 Å². The Labute approximate surface area is 232 Å². The predicted molar refractivity (Wildman–Crippen MR) is 165 cm³/mol. The van der Waals surface area contributed by atoms with E-state index in [-0.39, 0.29) is 0 Å². The third-order valence-electron chi connectivity index (χ3n) is 7.38. The van der Waals surface area contributed by atoms with Gasteiger partial charge in [-0.05, 0) is 65.4 Å². The molecule has 40 heavy (non-hydrogen) atoms. The van der Waals surface area contributed by atoms with Crippen molar-refractivity contribution >= 4 is 61.0 Å². The van der Waals surface area contributed by atoms with E-state index in [0.29, 0.717) is 11.4 Å². The summed E-state index contributed by atoms with van der Waals surface area (Å²) in [6, 6.07) is 45.7. The lowest BCUT2D eigenvalue weighted by atomic mass is 10.0. The number of aromatic nitrogens is 1. The molecule has 0 aliphatic heterocycles. The third kappa shape index (κ3) is 3.68. The second kappa shape index (κ2) is 9.48. The number of rotatable bonds is 4. The van der Waals surface area contributed by atoms with Gasteiger partial charge in [-0.25, -0.2) is 0 Å². The first-order valence-electron chi connectivity index (χ1n) is 13.0. The zero-order valence-corrected chi connectivity index (χ0v) is 21.5. The van der Waals surface area contributed by atoms with Crippen LogP contribution in [0.4, 0.5) is 28.4 Å². The summed E-state index contributed by atoms with van der Waals surface area (Å²) in [6.45, 7) is 15.1. The molecule has 0 fully saturated rings. The first-order chi connectivity index (χ1) is 19.8. The molecule has 7 aromatic rings. The Morgan fingerprint density at radius 3 is 1.85 bits per heavy atom. The molecular weight excluding hydrogens is 488 g/mol. The summed E-state index contributed by atoms with van der Waals surface area (Å²) in [6.07, 6.45) is 0. The van der Waals surface area contributed by atoms with E-state index in [1.54, 1.807) is 6.07 Å². The Morgan fingerprint density at radius 1 is 0.500 bits per heavy atom. The number of anilines is 3. The zero-order valence-electron chi connectivity index (χ0n) is 21.5. The highest BCUT2D eigenvalue weighted by Crippen LogP contribution is 2.42. The maximum Gasteiger partial charge on any atom is 0.196 e. The molecule has 0 atom stereocenters. The minimum atomic E-state index is 0.360. The molecule has 0 aliphatic rings. The van der Waals surface area contributed by atoms with Crippen LogP contribution in [0.15, 0.2) is 133 Å². The van der Waals surface area contributed by atoms with Crippen LogP contribution < -0.4 is 4.90 Å². The van der Waals surface area contributed by atoms with E-state index in [2.05, 4.69) is 122 Å². The first kappa shape index (κ1) is 23.3. The molecule has 1 heterocycles. The van der Waals surface area contributed by atoms with Crippen molar-refractivity contribution in [2.45, 2.75) is 0 Å². The van der Waals surface area contributed by atoms with Crippen molar-refractivity contribution in [1.29, 1.82) is 0 Å². The van der Waals surface area contributed by atoms with E-state index in [4.69, 9.17) is 13.1 Å². The Hall–Kier alpha value is -5.84. The van der Waals surface area contributed by atoms with Crippen LogP contribution >= 0.6 is 0 Å². The van der Waals surface area contributed by atoms with Gasteiger partial charge in [-0.15, -0.1) is 0 Å². The van der Waals surface area contributed by atoms with Crippen molar-refractivity contribution in [3.05, 3.63) is 156 Å². The van der Waals surface area contributed by atoms with E-state index in [1.807, 2.05) is 24.3 Å². The van der Waals surface area contributed by atoms with E-state index in [9.17, 15) is 0 Å². The molecule has 186 valence electrons. The average Bonchev–Trinajstić information content (AvgIpc) is 3.36. The van der Waals surface area contributed by atoms with E-state index < -0.39 is 0 Å². The molecule has 4 nitrogen and oxygen atoms in total. The lowest BCUT2D eigenvalue weighted by Crippen LogP contribution is -2.09. The molecule has 0 aliphatic carbocycles. The minimum absolute atomic E-state index is 0.360. The second-order valence-corrected chi connectivity index (χ2v) is 9.62. The average molecular weight is 511 g/mol. The van der Waals surface area contributed by atoms with Gasteiger partial charge in [0.15, 0.2) is 11.4 Å². The number of benzene rings is 6. The number of fused-ring (bicyclic) bond motifs is 5. The normalized spacial score (nSPS) is 10.9. The van der Waals surface area contributed by atoms with Crippen molar-refractivity contribution in [2.24, 2.45) is 0 Å². The summed E-state index contributed by atoms with van der Waals surface area (Å²) in [5, 5.41) is 4.64. The Kier molecular flexibility index (Phi) is 5.52. The quantitative estimate of drug-likeness (QED) is 0.215. The molecule has 0 bridgehead atoms. The van der Waals surface area contributed by atoms with E-state index in [1.165, 1.54) is 10.8 Å². The monoisotopic (exact) mass is 510 g/mol. The van der Waals surface area contributed by atoms with Gasteiger partial charge in [0.25, 0.3) is 0 Å². The van der Waals surface area contributed by atoms with Crippen molar-refractivity contribution in [3.63, 3.8) is 0 Å². The van der Waals surface area contributed by atoms with Crippen LogP contribution in [-0.4, -0.2) is 4.57 Å². The van der Waals surface area contributed by atoms with Crippen LogP contribution in [0.5, 0.6) is 0 Å². The standard InChI is InChI=1S/C36H22N4/c1-37-32-20-18-29(24-33(32)38-2)40-34-22-19-28(39(26-12-5-3-6-13-26)27-14-7-4-8-15-27)23-31(34)36-30-16-10-9-11-25(30)17-21-35(36)40/h3-24H. The van der Waals surface area contributed by atoms with Crippen LogP contribution in [0, 0.1) is 13.1 Å². The van der Waals surface area contributed by atoms with Crippen LogP contribution in [0.2, 0.25) is 0 Å². The predicted octanol–water partition coefficient (Wildman–Crippen LogP) is 10.5. The van der Waals surface area contributed by atoms with Gasteiger partial charge in [0.2, 0.25) is 0 Å². The second-order valence-electron chi connectivity index (χ2n) is 9.62. The highest BCUT2D eigenvalue weighted by atomic mass is 15.1. The van der Waals surface area contributed by atoms with Gasteiger partial charge in [0.05, 0.1) is 24.2 Å². The molecule has 0 spiro atoms. The lowest BCUT2D eigenvalue weighted by Gasteiger charge is -2.25. The number of hydrogen-bond acceptors (Lipinski definition) is 1. The summed E-state index contributed by atoms with van der Waals surface area (Å²) in [5.41, 5.74) is 6.92. The van der Waals surface area contributed by atoms with E-state index in [0.717, 1.165) is 44.6 Å². The fraction of sp³-hybridized carbons (Fsp3) is 0. The topological polar surface area (TPSA) is 16.9 Å². The Balaban J connectivity index is 1.57. The highest BCUT2D eigenvalue weighted by Gasteiger charge is 2.19. The van der Waals surface area contributed by atoms with Crippen LogP contribution in [0.25, 0.3) is 48.0 Å². The van der Waals surface area contributed by atoms with E-state index >= 15 is 0 Å². The molecule has 0 saturated carbocycles. The number of nitrogens with zero attached hydrogens (tertiary/aromatic N) is 4. The molecule has 0 saturated heterocycles. The SMILES string of the molecule is [C-]#[N+]c1ccc(-n2c3ccc(N(c4ccccc4)c4ccccc4)cc3c3c4ccccc4ccc32)cc1[N+]#[C-]. The number of para-hydroxylation sites is 2. The van der Waals surface area contributed by atoms with Gasteiger partial charge in [-0.1, -0.05) is 78.9 Å². The molecule has 0 radical (unpaired) electrons. The fourth-order valence-electron chi connectivity index (χ4n) is 5.63. The van der Waals surface area contributed by atoms with Gasteiger partial charge in [0.1, 0.15) is 0 Å². The Bertz CT molecular complexity index is 2090. The summed E-state index contributed by atoms with van der Waals surface area (Å²) >= 11 is 0. The molecule has 1 aromatic heterocycles. The molecule has 4 heteroatoms. The Morgan fingerprint density at radius 2 is 1.15 bits per heavy atom. The molecule has 0 unspecified atom stereocenters. The van der Waals surface area contributed by atoms with Crippen LogP contribution in [0.1, 0.15) is 0 Å². The van der Waals surface area contributed by atoms with Gasteiger partial charge in [-0.3, -0.25) is 9.69 Å². The maximum atomic E-state index is 7.65.